The SMILES string of the molecule is COC(=O)C(C(=O)/C=C/c1ccccc1N(C)C)C(=O)/C=C/c1ccccc1N(C)C. The van der Waals surface area contributed by atoms with Crippen molar-refractivity contribution in [1.82, 2.24) is 0 Å². The number of rotatable bonds is 9. The molecule has 0 aliphatic carbocycles. The van der Waals surface area contributed by atoms with Crippen molar-refractivity contribution in [3.05, 3.63) is 71.8 Å². The number of allylic oxidation sites excluding steroid dienone is 2. The molecule has 0 radical (unpaired) electrons. The van der Waals surface area contributed by atoms with Crippen molar-refractivity contribution in [2.75, 3.05) is 45.1 Å². The monoisotopic (exact) mass is 420 g/mol. The molecule has 0 aliphatic heterocycles. The fourth-order valence-electron chi connectivity index (χ4n) is 3.10. The molecule has 0 aliphatic rings. The Balaban J connectivity index is 2.29. The van der Waals surface area contributed by atoms with E-state index in [1.165, 1.54) is 12.2 Å². The quantitative estimate of drug-likeness (QED) is 0.352. The number of anilines is 2. The van der Waals surface area contributed by atoms with E-state index < -0.39 is 23.5 Å². The van der Waals surface area contributed by atoms with Crippen molar-refractivity contribution >= 4 is 41.1 Å². The normalized spacial score (nSPS) is 11.2. The molecule has 0 fully saturated rings. The molecule has 0 unspecified atom stereocenters. The average Bonchev–Trinajstić information content (AvgIpc) is 2.76. The molecule has 0 saturated carbocycles. The second kappa shape index (κ2) is 10.9. The van der Waals surface area contributed by atoms with Crippen LogP contribution in [0, 0.1) is 5.92 Å². The van der Waals surface area contributed by atoms with Gasteiger partial charge in [-0.3, -0.25) is 14.4 Å². The Labute approximate surface area is 183 Å². The lowest BCUT2D eigenvalue weighted by Crippen LogP contribution is -2.30. The summed E-state index contributed by atoms with van der Waals surface area (Å²) in [4.78, 5) is 41.6. The molecule has 0 atom stereocenters. The minimum Gasteiger partial charge on any atom is -0.468 e. The number of carbonyl (C=O) groups is 3. The molecule has 0 spiro atoms. The van der Waals surface area contributed by atoms with Crippen LogP contribution in [0.15, 0.2) is 60.7 Å². The first-order valence-corrected chi connectivity index (χ1v) is 9.80. The van der Waals surface area contributed by atoms with Crippen LogP contribution in [0.2, 0.25) is 0 Å². The van der Waals surface area contributed by atoms with Crippen LogP contribution in [-0.4, -0.2) is 52.8 Å². The summed E-state index contributed by atoms with van der Waals surface area (Å²) in [6.07, 6.45) is 5.71. The third-order valence-corrected chi connectivity index (χ3v) is 4.70. The average molecular weight is 421 g/mol. The van der Waals surface area contributed by atoms with Crippen molar-refractivity contribution in [3.8, 4) is 0 Å². The summed E-state index contributed by atoms with van der Waals surface area (Å²) < 4.78 is 4.72. The van der Waals surface area contributed by atoms with E-state index in [4.69, 9.17) is 4.74 Å². The van der Waals surface area contributed by atoms with E-state index >= 15 is 0 Å². The van der Waals surface area contributed by atoms with Gasteiger partial charge in [0.2, 0.25) is 0 Å². The maximum atomic E-state index is 12.8. The van der Waals surface area contributed by atoms with Crippen molar-refractivity contribution < 1.29 is 19.1 Å². The molecule has 0 bridgehead atoms. The second-order valence-corrected chi connectivity index (χ2v) is 7.33. The number of nitrogens with zero attached hydrogens (tertiary/aromatic N) is 2. The molecule has 2 rings (SSSR count). The van der Waals surface area contributed by atoms with Crippen molar-refractivity contribution in [3.63, 3.8) is 0 Å². The summed E-state index contributed by atoms with van der Waals surface area (Å²) in [7, 11) is 8.74. The molecule has 0 amide bonds. The predicted molar refractivity (Wildman–Crippen MR) is 125 cm³/mol. The van der Waals surface area contributed by atoms with Gasteiger partial charge in [0.1, 0.15) is 0 Å². The van der Waals surface area contributed by atoms with Gasteiger partial charge in [-0.25, -0.2) is 0 Å². The van der Waals surface area contributed by atoms with E-state index in [0.717, 1.165) is 29.6 Å². The summed E-state index contributed by atoms with van der Waals surface area (Å²) >= 11 is 0. The van der Waals surface area contributed by atoms with Crippen molar-refractivity contribution in [2.45, 2.75) is 0 Å². The molecule has 0 heterocycles. The highest BCUT2D eigenvalue weighted by atomic mass is 16.5. The number of carbonyl (C=O) groups excluding carboxylic acids is 3. The maximum Gasteiger partial charge on any atom is 0.324 e. The van der Waals surface area contributed by atoms with Gasteiger partial charge in [-0.15, -0.1) is 0 Å². The largest absolute Gasteiger partial charge is 0.468 e. The van der Waals surface area contributed by atoms with Crippen LogP contribution in [0.4, 0.5) is 11.4 Å². The lowest BCUT2D eigenvalue weighted by molar-refractivity contribution is -0.150. The van der Waals surface area contributed by atoms with E-state index in [-0.39, 0.29) is 0 Å². The maximum absolute atomic E-state index is 12.8. The zero-order valence-corrected chi connectivity index (χ0v) is 18.5. The van der Waals surface area contributed by atoms with E-state index in [9.17, 15) is 14.4 Å². The van der Waals surface area contributed by atoms with Gasteiger partial charge in [0.05, 0.1) is 7.11 Å². The van der Waals surface area contributed by atoms with Crippen LogP contribution in [0.25, 0.3) is 12.2 Å². The topological polar surface area (TPSA) is 66.9 Å². The number of ketones is 2. The highest BCUT2D eigenvalue weighted by Crippen LogP contribution is 2.21. The number of hydrogen-bond acceptors (Lipinski definition) is 6. The van der Waals surface area contributed by atoms with Gasteiger partial charge in [0.25, 0.3) is 0 Å². The summed E-state index contributed by atoms with van der Waals surface area (Å²) in [6, 6.07) is 15.0. The molecule has 0 N–H and O–H groups in total. The molecule has 2 aromatic rings. The number of ether oxygens (including phenoxy) is 1. The lowest BCUT2D eigenvalue weighted by atomic mass is 9.96. The molecular formula is C25H28N2O4. The first-order valence-electron chi connectivity index (χ1n) is 9.80. The first-order chi connectivity index (χ1) is 14.8. The fourth-order valence-corrected chi connectivity index (χ4v) is 3.10. The highest BCUT2D eigenvalue weighted by molar-refractivity contribution is 6.24. The van der Waals surface area contributed by atoms with Gasteiger partial charge < -0.3 is 14.5 Å². The van der Waals surface area contributed by atoms with Gasteiger partial charge in [-0.05, 0) is 47.6 Å². The van der Waals surface area contributed by atoms with Gasteiger partial charge in [-0.1, -0.05) is 36.4 Å². The summed E-state index contributed by atoms with van der Waals surface area (Å²) in [6.45, 7) is 0. The molecule has 31 heavy (non-hydrogen) atoms. The van der Waals surface area contributed by atoms with Crippen LogP contribution in [0.1, 0.15) is 11.1 Å². The van der Waals surface area contributed by atoms with E-state index in [0.29, 0.717) is 0 Å². The van der Waals surface area contributed by atoms with Gasteiger partial charge in [0.15, 0.2) is 17.5 Å². The van der Waals surface area contributed by atoms with Crippen molar-refractivity contribution in [2.24, 2.45) is 5.92 Å². The predicted octanol–water partition coefficient (Wildman–Crippen LogP) is 3.47. The Morgan fingerprint density at radius 1 is 0.742 bits per heavy atom. The molecule has 0 saturated heterocycles. The molecule has 162 valence electrons. The minimum atomic E-state index is -1.55. The van der Waals surface area contributed by atoms with Crippen LogP contribution in [0.5, 0.6) is 0 Å². The van der Waals surface area contributed by atoms with Gasteiger partial charge >= 0.3 is 5.97 Å². The molecule has 6 nitrogen and oxygen atoms in total. The zero-order valence-electron chi connectivity index (χ0n) is 18.5. The minimum absolute atomic E-state index is 0.629. The summed E-state index contributed by atoms with van der Waals surface area (Å²) in [5.74, 6) is -3.69. The third kappa shape index (κ3) is 6.15. The molecule has 6 heteroatoms. The van der Waals surface area contributed by atoms with E-state index in [2.05, 4.69) is 0 Å². The van der Waals surface area contributed by atoms with Crippen molar-refractivity contribution in [1.29, 1.82) is 0 Å². The highest BCUT2D eigenvalue weighted by Gasteiger charge is 2.31. The standard InChI is InChI=1S/C25H28N2O4/c1-26(2)20-12-8-6-10-18(20)14-16-22(28)24(25(30)31-5)23(29)17-15-19-11-7-9-13-21(19)27(3)4/h6-17,24H,1-5H3/b16-14+,17-15+. The Bertz CT molecular complexity index is 933. The zero-order chi connectivity index (χ0) is 23.0. The number of para-hydroxylation sites is 2. The fraction of sp³-hybridized carbons (Fsp3) is 0.240. The summed E-state index contributed by atoms with van der Waals surface area (Å²) in [5, 5.41) is 0. The van der Waals surface area contributed by atoms with E-state index in [1.54, 1.807) is 12.2 Å². The number of methoxy groups -OCH3 is 1. The van der Waals surface area contributed by atoms with Crippen LogP contribution < -0.4 is 9.80 Å². The third-order valence-electron chi connectivity index (χ3n) is 4.70. The Morgan fingerprint density at radius 3 is 1.48 bits per heavy atom. The van der Waals surface area contributed by atoms with E-state index in [1.807, 2.05) is 86.5 Å². The lowest BCUT2D eigenvalue weighted by Gasteiger charge is -2.15. The van der Waals surface area contributed by atoms with Crippen LogP contribution in [0.3, 0.4) is 0 Å². The molecular weight excluding hydrogens is 392 g/mol. The summed E-state index contributed by atoms with van der Waals surface area (Å²) in [5.41, 5.74) is 3.42. The second-order valence-electron chi connectivity index (χ2n) is 7.33. The molecule has 0 aromatic heterocycles. The smallest absolute Gasteiger partial charge is 0.324 e. The first kappa shape index (κ1) is 23.6. The van der Waals surface area contributed by atoms with Crippen LogP contribution in [-0.2, 0) is 19.1 Å². The molecule has 2 aromatic carbocycles. The van der Waals surface area contributed by atoms with Crippen LogP contribution >= 0.6 is 0 Å². The Morgan fingerprint density at radius 2 is 1.13 bits per heavy atom. The van der Waals surface area contributed by atoms with Gasteiger partial charge in [0, 0.05) is 39.6 Å². The Kier molecular flexibility index (Phi) is 8.32. The Hall–Kier alpha value is -3.67. The van der Waals surface area contributed by atoms with Gasteiger partial charge in [-0.2, -0.15) is 0 Å². The number of hydrogen-bond donors (Lipinski definition) is 0. The number of benzene rings is 2. The number of esters is 1.